The van der Waals surface area contributed by atoms with Crippen molar-refractivity contribution in [1.29, 1.82) is 0 Å². The van der Waals surface area contributed by atoms with E-state index in [2.05, 4.69) is 18.6 Å². The predicted octanol–water partition coefficient (Wildman–Crippen LogP) is 4.66. The SMILES string of the molecule is CC1CC(C)CC(C(N)c2ccc(OC(F)(F)F)cc2)C1. The molecule has 1 fully saturated rings. The Morgan fingerprint density at radius 1 is 1.05 bits per heavy atom. The van der Waals surface area contributed by atoms with Crippen LogP contribution in [0.2, 0.25) is 0 Å². The van der Waals surface area contributed by atoms with Crippen molar-refractivity contribution in [3.63, 3.8) is 0 Å². The summed E-state index contributed by atoms with van der Waals surface area (Å²) in [5.74, 6) is 1.48. The quantitative estimate of drug-likeness (QED) is 0.881. The van der Waals surface area contributed by atoms with E-state index in [-0.39, 0.29) is 11.8 Å². The largest absolute Gasteiger partial charge is 0.573 e. The molecule has 1 aliphatic carbocycles. The normalized spacial score (nSPS) is 28.2. The molecule has 0 bridgehead atoms. The number of halogens is 3. The van der Waals surface area contributed by atoms with Crippen molar-refractivity contribution in [2.45, 2.75) is 45.5 Å². The first-order valence-corrected chi connectivity index (χ1v) is 7.36. The molecule has 0 radical (unpaired) electrons. The minimum Gasteiger partial charge on any atom is -0.406 e. The highest BCUT2D eigenvalue weighted by molar-refractivity contribution is 5.29. The van der Waals surface area contributed by atoms with E-state index < -0.39 is 6.36 Å². The van der Waals surface area contributed by atoms with Crippen molar-refractivity contribution in [2.24, 2.45) is 23.5 Å². The van der Waals surface area contributed by atoms with Gasteiger partial charge < -0.3 is 10.5 Å². The van der Waals surface area contributed by atoms with Gasteiger partial charge in [0.15, 0.2) is 0 Å². The first-order chi connectivity index (χ1) is 9.74. The van der Waals surface area contributed by atoms with Crippen LogP contribution in [0.5, 0.6) is 5.75 Å². The molecule has 2 N–H and O–H groups in total. The lowest BCUT2D eigenvalue weighted by Crippen LogP contribution is -2.29. The molecule has 3 unspecified atom stereocenters. The van der Waals surface area contributed by atoms with Crippen LogP contribution in [0.1, 0.15) is 44.7 Å². The average Bonchev–Trinajstić information content (AvgIpc) is 2.35. The van der Waals surface area contributed by atoms with Crippen molar-refractivity contribution in [3.05, 3.63) is 29.8 Å². The summed E-state index contributed by atoms with van der Waals surface area (Å²) < 4.78 is 40.3. The molecule has 0 amide bonds. The van der Waals surface area contributed by atoms with Crippen LogP contribution in [0.3, 0.4) is 0 Å². The van der Waals surface area contributed by atoms with Crippen LogP contribution >= 0.6 is 0 Å². The maximum absolute atomic E-state index is 12.1. The molecule has 0 heterocycles. The molecular formula is C16H22F3NO. The van der Waals surface area contributed by atoms with Crippen molar-refractivity contribution in [1.82, 2.24) is 0 Å². The molecule has 0 aromatic heterocycles. The number of rotatable bonds is 3. The Labute approximate surface area is 123 Å². The standard InChI is InChI=1S/C16H22F3NO/c1-10-7-11(2)9-13(8-10)15(20)12-3-5-14(6-4-12)21-16(17,18)19/h3-6,10-11,13,15H,7-9,20H2,1-2H3. The number of nitrogens with two attached hydrogens (primary N) is 1. The third-order valence-electron chi connectivity index (χ3n) is 4.22. The Morgan fingerprint density at radius 3 is 2.05 bits per heavy atom. The van der Waals surface area contributed by atoms with Crippen LogP contribution in [-0.2, 0) is 0 Å². The number of benzene rings is 1. The van der Waals surface area contributed by atoms with Crippen LogP contribution in [0.4, 0.5) is 13.2 Å². The molecule has 2 nitrogen and oxygen atoms in total. The lowest BCUT2D eigenvalue weighted by atomic mass is 9.72. The molecule has 21 heavy (non-hydrogen) atoms. The molecule has 5 heteroatoms. The molecule has 1 aliphatic rings. The molecule has 0 aliphatic heterocycles. The highest BCUT2D eigenvalue weighted by Crippen LogP contribution is 2.39. The van der Waals surface area contributed by atoms with Crippen LogP contribution in [0.15, 0.2) is 24.3 Å². The Kier molecular flexibility index (Phi) is 4.81. The van der Waals surface area contributed by atoms with Crippen molar-refractivity contribution >= 4 is 0 Å². The van der Waals surface area contributed by atoms with Gasteiger partial charge in [-0.05, 0) is 54.7 Å². The zero-order chi connectivity index (χ0) is 15.6. The van der Waals surface area contributed by atoms with Gasteiger partial charge in [0.1, 0.15) is 5.75 Å². The van der Waals surface area contributed by atoms with E-state index >= 15 is 0 Å². The van der Waals surface area contributed by atoms with Crippen LogP contribution in [0.25, 0.3) is 0 Å². The van der Waals surface area contributed by atoms with Gasteiger partial charge in [-0.25, -0.2) is 0 Å². The number of alkyl halides is 3. The Balaban J connectivity index is 2.04. The molecule has 0 spiro atoms. The molecule has 1 saturated carbocycles. The second kappa shape index (κ2) is 6.26. The maximum atomic E-state index is 12.1. The summed E-state index contributed by atoms with van der Waals surface area (Å²) in [6.07, 6.45) is -1.28. The van der Waals surface area contributed by atoms with Gasteiger partial charge in [0.25, 0.3) is 0 Å². The van der Waals surface area contributed by atoms with Gasteiger partial charge in [-0.15, -0.1) is 13.2 Å². The van der Waals surface area contributed by atoms with Gasteiger partial charge in [0, 0.05) is 6.04 Å². The maximum Gasteiger partial charge on any atom is 0.573 e. The fraction of sp³-hybridized carbons (Fsp3) is 0.625. The first-order valence-electron chi connectivity index (χ1n) is 7.36. The summed E-state index contributed by atoms with van der Waals surface area (Å²) in [7, 11) is 0. The highest BCUT2D eigenvalue weighted by atomic mass is 19.4. The third kappa shape index (κ3) is 4.63. The van der Waals surface area contributed by atoms with E-state index in [1.54, 1.807) is 12.1 Å². The fourth-order valence-corrected chi connectivity index (χ4v) is 3.47. The second-order valence-electron chi connectivity index (χ2n) is 6.32. The van der Waals surface area contributed by atoms with Gasteiger partial charge in [0.05, 0.1) is 0 Å². The zero-order valence-corrected chi connectivity index (χ0v) is 12.4. The molecule has 0 saturated heterocycles. The topological polar surface area (TPSA) is 35.2 Å². The van der Waals surface area contributed by atoms with E-state index in [9.17, 15) is 13.2 Å². The second-order valence-corrected chi connectivity index (χ2v) is 6.32. The van der Waals surface area contributed by atoms with Gasteiger partial charge >= 0.3 is 6.36 Å². The number of ether oxygens (including phenoxy) is 1. The van der Waals surface area contributed by atoms with Crippen molar-refractivity contribution < 1.29 is 17.9 Å². The molecule has 1 aromatic rings. The van der Waals surface area contributed by atoms with Gasteiger partial charge in [-0.2, -0.15) is 0 Å². The van der Waals surface area contributed by atoms with Gasteiger partial charge in [0.2, 0.25) is 0 Å². The summed E-state index contributed by atoms with van der Waals surface area (Å²) in [4.78, 5) is 0. The Bertz CT molecular complexity index is 448. The smallest absolute Gasteiger partial charge is 0.406 e. The van der Waals surface area contributed by atoms with E-state index in [4.69, 9.17) is 5.73 Å². The minimum absolute atomic E-state index is 0.130. The number of hydrogen-bond donors (Lipinski definition) is 1. The first kappa shape index (κ1) is 16.1. The monoisotopic (exact) mass is 301 g/mol. The molecular weight excluding hydrogens is 279 g/mol. The van der Waals surface area contributed by atoms with Crippen LogP contribution in [0, 0.1) is 17.8 Å². The zero-order valence-electron chi connectivity index (χ0n) is 12.4. The van der Waals surface area contributed by atoms with E-state index in [1.807, 2.05) is 0 Å². The summed E-state index contributed by atoms with van der Waals surface area (Å²) in [6, 6.07) is 5.80. The molecule has 118 valence electrons. The Hall–Kier alpha value is -1.23. The fourth-order valence-electron chi connectivity index (χ4n) is 3.47. The highest BCUT2D eigenvalue weighted by Gasteiger charge is 2.32. The summed E-state index contributed by atoms with van der Waals surface area (Å²) >= 11 is 0. The van der Waals surface area contributed by atoms with Crippen molar-refractivity contribution in [3.8, 4) is 5.75 Å². The van der Waals surface area contributed by atoms with Crippen LogP contribution in [-0.4, -0.2) is 6.36 Å². The number of hydrogen-bond acceptors (Lipinski definition) is 2. The van der Waals surface area contributed by atoms with E-state index in [0.717, 1.165) is 18.4 Å². The molecule has 2 rings (SSSR count). The van der Waals surface area contributed by atoms with Crippen LogP contribution < -0.4 is 10.5 Å². The van der Waals surface area contributed by atoms with Crippen molar-refractivity contribution in [2.75, 3.05) is 0 Å². The molecule has 3 atom stereocenters. The van der Waals surface area contributed by atoms with Gasteiger partial charge in [-0.3, -0.25) is 0 Å². The summed E-state index contributed by atoms with van der Waals surface area (Å²) in [5.41, 5.74) is 7.18. The minimum atomic E-state index is -4.65. The molecule has 1 aromatic carbocycles. The predicted molar refractivity (Wildman–Crippen MR) is 75.7 cm³/mol. The summed E-state index contributed by atoms with van der Waals surface area (Å²) in [6.45, 7) is 4.46. The average molecular weight is 301 g/mol. The summed E-state index contributed by atoms with van der Waals surface area (Å²) in [5, 5.41) is 0. The van der Waals surface area contributed by atoms with Gasteiger partial charge in [-0.1, -0.05) is 26.0 Å². The Morgan fingerprint density at radius 2 is 1.57 bits per heavy atom. The lowest BCUT2D eigenvalue weighted by molar-refractivity contribution is -0.274. The third-order valence-corrected chi connectivity index (χ3v) is 4.22. The van der Waals surface area contributed by atoms with E-state index in [0.29, 0.717) is 17.8 Å². The lowest BCUT2D eigenvalue weighted by Gasteiger charge is -2.35. The van der Waals surface area contributed by atoms with E-state index in [1.165, 1.54) is 18.6 Å².